The molecule has 0 unspecified atom stereocenters. The number of aromatic nitrogens is 3. The molecule has 0 atom stereocenters. The molecule has 1 saturated heterocycles. The summed E-state index contributed by atoms with van der Waals surface area (Å²) in [5.41, 5.74) is 1.23. The van der Waals surface area contributed by atoms with E-state index in [0.717, 1.165) is 36.1 Å². The van der Waals surface area contributed by atoms with Gasteiger partial charge in [0.25, 0.3) is 11.5 Å². The van der Waals surface area contributed by atoms with Crippen molar-refractivity contribution in [1.29, 1.82) is 0 Å². The summed E-state index contributed by atoms with van der Waals surface area (Å²) in [6, 6.07) is 7.18. The number of anilines is 3. The van der Waals surface area contributed by atoms with Crippen LogP contribution >= 0.6 is 11.6 Å². The molecule has 168 valence electrons. The lowest BCUT2D eigenvalue weighted by molar-refractivity contribution is -0.122. The van der Waals surface area contributed by atoms with Gasteiger partial charge in [0.2, 0.25) is 5.95 Å². The molecule has 2 N–H and O–H groups in total. The van der Waals surface area contributed by atoms with Crippen LogP contribution in [-0.4, -0.2) is 47.2 Å². The van der Waals surface area contributed by atoms with E-state index in [4.69, 9.17) is 16.3 Å². The molecule has 0 saturated carbocycles. The zero-order valence-corrected chi connectivity index (χ0v) is 18.9. The largest absolute Gasteiger partial charge is 0.478 e. The molecule has 0 spiro atoms. The highest BCUT2D eigenvalue weighted by Gasteiger charge is 2.19. The van der Waals surface area contributed by atoms with Gasteiger partial charge in [-0.1, -0.05) is 11.6 Å². The van der Waals surface area contributed by atoms with Gasteiger partial charge in [0.05, 0.1) is 11.7 Å². The molecule has 4 rings (SSSR count). The highest BCUT2D eigenvalue weighted by Crippen LogP contribution is 2.29. The zero-order valence-electron chi connectivity index (χ0n) is 18.2. The zero-order chi connectivity index (χ0) is 22.8. The molecule has 0 radical (unpaired) electrons. The molecule has 32 heavy (non-hydrogen) atoms. The molecular formula is C22H25ClN6O3. The molecule has 1 aliphatic rings. The molecule has 1 aliphatic heterocycles. The summed E-state index contributed by atoms with van der Waals surface area (Å²) in [6.07, 6.45) is 2.72. The molecular weight excluding hydrogens is 432 g/mol. The van der Waals surface area contributed by atoms with Crippen LogP contribution in [0.4, 0.5) is 17.5 Å². The summed E-state index contributed by atoms with van der Waals surface area (Å²) in [5.74, 6) is 0.957. The third-order valence-corrected chi connectivity index (χ3v) is 5.57. The fraction of sp³-hybridized carbons (Fsp3) is 0.364. The first kappa shape index (κ1) is 21.9. The molecule has 0 bridgehead atoms. The molecule has 3 heterocycles. The van der Waals surface area contributed by atoms with Gasteiger partial charge in [-0.05, 0) is 44.5 Å². The molecule has 1 fully saturated rings. The predicted molar refractivity (Wildman–Crippen MR) is 125 cm³/mol. The minimum atomic E-state index is -0.313. The Morgan fingerprint density at radius 1 is 1.28 bits per heavy atom. The summed E-state index contributed by atoms with van der Waals surface area (Å²) in [7, 11) is 1.52. The number of carbonyl (C=O) groups is 1. The van der Waals surface area contributed by atoms with E-state index in [1.165, 1.54) is 7.05 Å². The van der Waals surface area contributed by atoms with E-state index in [1.807, 2.05) is 32.0 Å². The number of rotatable bonds is 7. The fourth-order valence-corrected chi connectivity index (χ4v) is 3.62. The van der Waals surface area contributed by atoms with Gasteiger partial charge < -0.3 is 24.8 Å². The van der Waals surface area contributed by atoms with Crippen LogP contribution in [0.15, 0.2) is 35.3 Å². The van der Waals surface area contributed by atoms with E-state index in [0.29, 0.717) is 16.8 Å². The molecule has 1 amide bonds. The number of hydrogen-bond donors (Lipinski definition) is 2. The number of fused-ring (bicyclic) bond motifs is 1. The Morgan fingerprint density at radius 2 is 2.06 bits per heavy atom. The van der Waals surface area contributed by atoms with Crippen LogP contribution in [-0.2, 0) is 4.79 Å². The maximum atomic E-state index is 12.9. The van der Waals surface area contributed by atoms with E-state index < -0.39 is 0 Å². The van der Waals surface area contributed by atoms with Crippen molar-refractivity contribution in [3.05, 3.63) is 45.8 Å². The van der Waals surface area contributed by atoms with Gasteiger partial charge in [-0.3, -0.25) is 9.59 Å². The summed E-state index contributed by atoms with van der Waals surface area (Å²) in [4.78, 5) is 35.5. The monoisotopic (exact) mass is 456 g/mol. The number of nitrogens with one attached hydrogen (secondary N) is 2. The molecule has 1 aromatic carbocycles. The number of pyridine rings is 1. The minimum absolute atomic E-state index is 0.0947. The number of nitrogens with zero attached hydrogens (tertiary/aromatic N) is 4. The number of benzene rings is 1. The molecule has 3 aromatic rings. The topological polar surface area (TPSA) is 101 Å². The van der Waals surface area contributed by atoms with E-state index in [-0.39, 0.29) is 29.9 Å². The summed E-state index contributed by atoms with van der Waals surface area (Å²) in [5, 5.41) is 6.92. The van der Waals surface area contributed by atoms with Crippen LogP contribution in [0.5, 0.6) is 5.75 Å². The molecule has 0 aliphatic carbocycles. The SMILES string of the molecule is CNC(=O)COc1cc2cc(Nc3nc(N4CCC4)ncc3Cl)ccc2n(C(C)C)c1=O. The first-order valence-corrected chi connectivity index (χ1v) is 10.8. The quantitative estimate of drug-likeness (QED) is 0.563. The molecule has 10 heteroatoms. The van der Waals surface area contributed by atoms with Crippen molar-refractivity contribution in [2.24, 2.45) is 0 Å². The number of ether oxygens (including phenoxy) is 1. The first-order chi connectivity index (χ1) is 15.4. The Morgan fingerprint density at radius 3 is 2.72 bits per heavy atom. The second-order valence-electron chi connectivity index (χ2n) is 7.85. The van der Waals surface area contributed by atoms with Gasteiger partial charge in [0.15, 0.2) is 18.2 Å². The van der Waals surface area contributed by atoms with E-state index >= 15 is 0 Å². The van der Waals surface area contributed by atoms with Gasteiger partial charge in [-0.2, -0.15) is 4.98 Å². The van der Waals surface area contributed by atoms with Crippen molar-refractivity contribution < 1.29 is 9.53 Å². The van der Waals surface area contributed by atoms with Gasteiger partial charge in [-0.15, -0.1) is 0 Å². The Kier molecular flexibility index (Phi) is 6.18. The lowest BCUT2D eigenvalue weighted by atomic mass is 10.1. The van der Waals surface area contributed by atoms with E-state index in [1.54, 1.807) is 16.8 Å². The van der Waals surface area contributed by atoms with Crippen LogP contribution in [0.25, 0.3) is 10.9 Å². The van der Waals surface area contributed by atoms with Crippen molar-refractivity contribution in [3.8, 4) is 5.75 Å². The van der Waals surface area contributed by atoms with Gasteiger partial charge in [0, 0.05) is 37.3 Å². The maximum Gasteiger partial charge on any atom is 0.293 e. The maximum absolute atomic E-state index is 12.9. The third-order valence-electron chi connectivity index (χ3n) is 5.29. The summed E-state index contributed by atoms with van der Waals surface area (Å²) >= 11 is 6.32. The van der Waals surface area contributed by atoms with Crippen LogP contribution in [0.3, 0.4) is 0 Å². The van der Waals surface area contributed by atoms with Crippen LogP contribution < -0.4 is 25.8 Å². The number of carbonyl (C=O) groups excluding carboxylic acids is 1. The van der Waals surface area contributed by atoms with Crippen molar-refractivity contribution in [1.82, 2.24) is 19.9 Å². The normalized spacial score (nSPS) is 13.2. The first-order valence-electron chi connectivity index (χ1n) is 10.4. The number of halogens is 1. The Labute approximate surface area is 190 Å². The van der Waals surface area contributed by atoms with Gasteiger partial charge in [0.1, 0.15) is 5.02 Å². The van der Waals surface area contributed by atoms with Crippen LogP contribution in [0, 0.1) is 0 Å². The Balaban J connectivity index is 1.70. The second kappa shape index (κ2) is 9.04. The summed E-state index contributed by atoms with van der Waals surface area (Å²) in [6.45, 7) is 5.48. The lowest BCUT2D eigenvalue weighted by Crippen LogP contribution is -2.38. The highest BCUT2D eigenvalue weighted by atomic mass is 35.5. The number of amides is 1. The smallest absolute Gasteiger partial charge is 0.293 e. The van der Waals surface area contributed by atoms with Crippen molar-refractivity contribution in [2.45, 2.75) is 26.3 Å². The third kappa shape index (κ3) is 4.34. The van der Waals surface area contributed by atoms with E-state index in [2.05, 4.69) is 25.5 Å². The van der Waals surface area contributed by atoms with Gasteiger partial charge in [-0.25, -0.2) is 4.98 Å². The van der Waals surface area contributed by atoms with Crippen LogP contribution in [0.1, 0.15) is 26.3 Å². The Bertz CT molecular complexity index is 1220. The van der Waals surface area contributed by atoms with Gasteiger partial charge >= 0.3 is 0 Å². The average Bonchev–Trinajstić information content (AvgIpc) is 2.73. The van der Waals surface area contributed by atoms with Crippen molar-refractivity contribution >= 4 is 45.9 Å². The average molecular weight is 457 g/mol. The lowest BCUT2D eigenvalue weighted by Gasteiger charge is -2.31. The Hall–Kier alpha value is -3.33. The molecule has 9 nitrogen and oxygen atoms in total. The number of hydrogen-bond acceptors (Lipinski definition) is 7. The number of likely N-dealkylation sites (N-methyl/N-ethyl adjacent to an activating group) is 1. The van der Waals surface area contributed by atoms with Crippen molar-refractivity contribution in [3.63, 3.8) is 0 Å². The van der Waals surface area contributed by atoms with Crippen LogP contribution in [0.2, 0.25) is 5.02 Å². The fourth-order valence-electron chi connectivity index (χ4n) is 3.48. The van der Waals surface area contributed by atoms with E-state index in [9.17, 15) is 9.59 Å². The second-order valence-corrected chi connectivity index (χ2v) is 8.25. The minimum Gasteiger partial charge on any atom is -0.478 e. The standard InChI is InChI=1S/C22H25ClN6O3/c1-13(2)29-17-6-5-15(9-14(17)10-18(21(29)31)32-12-19(30)24-3)26-20-16(23)11-25-22(27-20)28-7-4-8-28/h5-6,9-11,13H,4,7-8,12H2,1-3H3,(H,24,30)(H,25,26,27). The summed E-state index contributed by atoms with van der Waals surface area (Å²) < 4.78 is 7.16. The molecule has 2 aromatic heterocycles. The van der Waals surface area contributed by atoms with Crippen molar-refractivity contribution in [2.75, 3.05) is 37.0 Å². The highest BCUT2D eigenvalue weighted by molar-refractivity contribution is 6.32. The predicted octanol–water partition coefficient (Wildman–Crippen LogP) is 3.10.